The van der Waals surface area contributed by atoms with Gasteiger partial charge in [0, 0.05) is 47.2 Å². The zero-order valence-corrected chi connectivity index (χ0v) is 16.1. The number of nitrogens with zero attached hydrogens (tertiary/aromatic N) is 3. The highest BCUT2D eigenvalue weighted by Gasteiger charge is 2.14. The number of nitriles is 1. The Morgan fingerprint density at radius 3 is 2.55 bits per heavy atom. The van der Waals surface area contributed by atoms with E-state index < -0.39 is 10.8 Å². The first-order valence-corrected chi connectivity index (χ1v) is 9.15. The van der Waals surface area contributed by atoms with Crippen LogP contribution in [-0.2, 0) is 9.53 Å². The van der Waals surface area contributed by atoms with Crippen molar-refractivity contribution in [3.05, 3.63) is 68.7 Å². The maximum absolute atomic E-state index is 12.5. The second kappa shape index (κ2) is 9.19. The number of amides is 1. The average Bonchev–Trinajstić information content (AvgIpc) is 2.74. The number of ether oxygens (including phenoxy) is 1. The van der Waals surface area contributed by atoms with Gasteiger partial charge in [0.05, 0.1) is 18.1 Å². The number of carbonyl (C=O) groups is 1. The summed E-state index contributed by atoms with van der Waals surface area (Å²) in [6.45, 7) is 2.96. The molecule has 1 aliphatic rings. The van der Waals surface area contributed by atoms with Crippen molar-refractivity contribution >= 4 is 40.6 Å². The van der Waals surface area contributed by atoms with Gasteiger partial charge in [-0.1, -0.05) is 11.6 Å². The molecule has 1 aliphatic heterocycles. The zero-order valence-electron chi connectivity index (χ0n) is 15.3. The van der Waals surface area contributed by atoms with Crippen LogP contribution in [0.4, 0.5) is 17.1 Å². The van der Waals surface area contributed by atoms with Crippen LogP contribution in [0.5, 0.6) is 0 Å². The van der Waals surface area contributed by atoms with E-state index in [0.29, 0.717) is 18.9 Å². The van der Waals surface area contributed by atoms with Gasteiger partial charge in [-0.25, -0.2) is 0 Å². The van der Waals surface area contributed by atoms with Crippen molar-refractivity contribution in [2.75, 3.05) is 36.5 Å². The van der Waals surface area contributed by atoms with Crippen LogP contribution in [0.25, 0.3) is 6.08 Å². The van der Waals surface area contributed by atoms with E-state index in [0.717, 1.165) is 18.8 Å². The molecule has 0 saturated carbocycles. The third-order valence-electron chi connectivity index (χ3n) is 4.36. The summed E-state index contributed by atoms with van der Waals surface area (Å²) in [5.41, 5.74) is 1.36. The fourth-order valence-corrected chi connectivity index (χ4v) is 3.01. The molecule has 1 heterocycles. The number of hydrogen-bond donors (Lipinski definition) is 1. The maximum Gasteiger partial charge on any atom is 0.270 e. The molecule has 0 bridgehead atoms. The molecule has 1 fully saturated rings. The van der Waals surface area contributed by atoms with Crippen LogP contribution in [-0.4, -0.2) is 37.1 Å². The second-order valence-electron chi connectivity index (χ2n) is 6.23. The molecule has 3 rings (SSSR count). The van der Waals surface area contributed by atoms with Crippen LogP contribution in [0.2, 0.25) is 5.02 Å². The summed E-state index contributed by atoms with van der Waals surface area (Å²) in [6, 6.07) is 12.9. The van der Waals surface area contributed by atoms with E-state index in [9.17, 15) is 20.2 Å². The number of non-ortho nitro benzene ring substituents is 1. The summed E-state index contributed by atoms with van der Waals surface area (Å²) in [6.07, 6.45) is 1.23. The summed E-state index contributed by atoms with van der Waals surface area (Å²) in [4.78, 5) is 25.0. The van der Waals surface area contributed by atoms with Gasteiger partial charge >= 0.3 is 0 Å². The molecule has 0 atom stereocenters. The zero-order chi connectivity index (χ0) is 20.8. The van der Waals surface area contributed by atoms with Gasteiger partial charge in [-0.05, 0) is 36.4 Å². The lowest BCUT2D eigenvalue weighted by molar-refractivity contribution is -0.384. The molecule has 8 nitrogen and oxygen atoms in total. The maximum atomic E-state index is 12.5. The SMILES string of the molecule is N#C/C(=C\c1cc([N+](=O)[O-])ccc1Cl)C(=O)Nc1ccc(N2CCOCC2)cc1. The summed E-state index contributed by atoms with van der Waals surface area (Å²) in [7, 11) is 0. The number of benzene rings is 2. The Morgan fingerprint density at radius 2 is 1.93 bits per heavy atom. The van der Waals surface area contributed by atoms with Crippen molar-refractivity contribution < 1.29 is 14.5 Å². The molecule has 1 saturated heterocycles. The minimum absolute atomic E-state index is 0.183. The number of anilines is 2. The lowest BCUT2D eigenvalue weighted by atomic mass is 10.1. The highest BCUT2D eigenvalue weighted by atomic mass is 35.5. The van der Waals surface area contributed by atoms with E-state index in [1.807, 2.05) is 18.2 Å². The largest absolute Gasteiger partial charge is 0.378 e. The van der Waals surface area contributed by atoms with Crippen molar-refractivity contribution in [3.8, 4) is 6.07 Å². The predicted molar refractivity (Wildman–Crippen MR) is 110 cm³/mol. The molecule has 148 valence electrons. The minimum atomic E-state index is -0.630. The first-order chi connectivity index (χ1) is 14.0. The highest BCUT2D eigenvalue weighted by molar-refractivity contribution is 6.32. The van der Waals surface area contributed by atoms with Gasteiger partial charge in [-0.2, -0.15) is 5.26 Å². The molecule has 1 N–H and O–H groups in total. The second-order valence-corrected chi connectivity index (χ2v) is 6.64. The first kappa shape index (κ1) is 20.3. The summed E-state index contributed by atoms with van der Waals surface area (Å²) >= 11 is 6.04. The average molecular weight is 413 g/mol. The van der Waals surface area contributed by atoms with Gasteiger partial charge in [0.25, 0.3) is 11.6 Å². The smallest absolute Gasteiger partial charge is 0.270 e. The molecular weight excluding hydrogens is 396 g/mol. The number of rotatable bonds is 5. The number of morpholine rings is 1. The number of hydrogen-bond acceptors (Lipinski definition) is 6. The van der Waals surface area contributed by atoms with E-state index in [1.165, 1.54) is 24.3 Å². The quantitative estimate of drug-likeness (QED) is 0.347. The standard InChI is InChI=1S/C20H17ClN4O4/c21-19-6-5-18(25(27)28)12-14(19)11-15(13-22)20(26)23-16-1-3-17(4-2-16)24-7-9-29-10-8-24/h1-6,11-12H,7-10H2,(H,23,26)/b15-11+. The van der Waals surface area contributed by atoms with E-state index in [4.69, 9.17) is 16.3 Å². The lowest BCUT2D eigenvalue weighted by Crippen LogP contribution is -2.36. The minimum Gasteiger partial charge on any atom is -0.378 e. The van der Waals surface area contributed by atoms with Crippen LogP contribution in [0, 0.1) is 21.4 Å². The molecule has 9 heteroatoms. The Kier molecular flexibility index (Phi) is 6.44. The van der Waals surface area contributed by atoms with Gasteiger partial charge in [0.2, 0.25) is 0 Å². The van der Waals surface area contributed by atoms with Crippen LogP contribution >= 0.6 is 11.6 Å². The normalized spacial score (nSPS) is 14.2. The summed E-state index contributed by atoms with van der Waals surface area (Å²) in [5.74, 6) is -0.630. The van der Waals surface area contributed by atoms with Gasteiger partial charge in [-0.15, -0.1) is 0 Å². The Labute approximate surface area is 172 Å². The Balaban J connectivity index is 1.75. The number of nitro groups is 1. The first-order valence-electron chi connectivity index (χ1n) is 8.78. The van der Waals surface area contributed by atoms with Crippen LogP contribution in [0.3, 0.4) is 0 Å². The topological polar surface area (TPSA) is 108 Å². The summed E-state index contributed by atoms with van der Waals surface area (Å²) < 4.78 is 5.33. The van der Waals surface area contributed by atoms with E-state index in [-0.39, 0.29) is 21.8 Å². The Hall–Kier alpha value is -3.41. The van der Waals surface area contributed by atoms with Crippen LogP contribution < -0.4 is 10.2 Å². The number of carbonyl (C=O) groups excluding carboxylic acids is 1. The van der Waals surface area contributed by atoms with Crippen molar-refractivity contribution in [2.24, 2.45) is 0 Å². The Morgan fingerprint density at radius 1 is 1.24 bits per heavy atom. The van der Waals surface area contributed by atoms with E-state index >= 15 is 0 Å². The molecule has 2 aromatic rings. The predicted octanol–water partition coefficient (Wildman–Crippen LogP) is 3.63. The molecule has 2 aromatic carbocycles. The molecule has 0 aromatic heterocycles. The summed E-state index contributed by atoms with van der Waals surface area (Å²) in [5, 5.41) is 23.1. The van der Waals surface area contributed by atoms with E-state index in [2.05, 4.69) is 10.2 Å². The monoisotopic (exact) mass is 412 g/mol. The van der Waals surface area contributed by atoms with Gasteiger partial charge in [0.15, 0.2) is 0 Å². The fraction of sp³-hybridized carbons (Fsp3) is 0.200. The Bertz CT molecular complexity index is 993. The van der Waals surface area contributed by atoms with Crippen molar-refractivity contribution in [3.63, 3.8) is 0 Å². The van der Waals surface area contributed by atoms with E-state index in [1.54, 1.807) is 12.1 Å². The third kappa shape index (κ3) is 5.10. The van der Waals surface area contributed by atoms with Crippen LogP contribution in [0.1, 0.15) is 5.56 Å². The molecule has 0 radical (unpaired) electrons. The molecule has 0 spiro atoms. The highest BCUT2D eigenvalue weighted by Crippen LogP contribution is 2.25. The molecule has 29 heavy (non-hydrogen) atoms. The van der Waals surface area contributed by atoms with Crippen molar-refractivity contribution in [1.82, 2.24) is 0 Å². The molecule has 0 aliphatic carbocycles. The van der Waals surface area contributed by atoms with Gasteiger partial charge < -0.3 is 15.0 Å². The molecular formula is C20H17ClN4O4. The number of nitrogens with one attached hydrogen (secondary N) is 1. The van der Waals surface area contributed by atoms with Gasteiger partial charge in [0.1, 0.15) is 11.6 Å². The number of nitro benzene ring substituents is 1. The third-order valence-corrected chi connectivity index (χ3v) is 4.70. The molecule has 0 unspecified atom stereocenters. The van der Waals surface area contributed by atoms with Crippen LogP contribution in [0.15, 0.2) is 48.0 Å². The number of halogens is 1. The van der Waals surface area contributed by atoms with Gasteiger partial charge in [-0.3, -0.25) is 14.9 Å². The fourth-order valence-electron chi connectivity index (χ4n) is 2.83. The molecule has 1 amide bonds. The lowest BCUT2D eigenvalue weighted by Gasteiger charge is -2.28. The van der Waals surface area contributed by atoms with Crippen molar-refractivity contribution in [2.45, 2.75) is 0 Å². The van der Waals surface area contributed by atoms with Crippen molar-refractivity contribution in [1.29, 1.82) is 5.26 Å².